The first kappa shape index (κ1) is 23.7. The van der Waals surface area contributed by atoms with E-state index in [0.717, 1.165) is 29.8 Å². The Balaban J connectivity index is 1.43. The van der Waals surface area contributed by atoms with Crippen molar-refractivity contribution in [1.29, 1.82) is 0 Å². The van der Waals surface area contributed by atoms with Gasteiger partial charge in [0, 0.05) is 12.4 Å². The summed E-state index contributed by atoms with van der Waals surface area (Å²) in [5, 5.41) is 32.2. The lowest BCUT2D eigenvalue weighted by molar-refractivity contribution is 0.0783. The van der Waals surface area contributed by atoms with E-state index in [2.05, 4.69) is 34.1 Å². The zero-order chi connectivity index (χ0) is 25.9. The van der Waals surface area contributed by atoms with Crippen molar-refractivity contribution in [3.8, 4) is 22.8 Å². The van der Waals surface area contributed by atoms with Crippen molar-refractivity contribution in [2.24, 2.45) is 5.41 Å². The van der Waals surface area contributed by atoms with E-state index >= 15 is 0 Å². The van der Waals surface area contributed by atoms with Gasteiger partial charge in [-0.1, -0.05) is 19.9 Å². The third-order valence-electron chi connectivity index (χ3n) is 8.17. The fourth-order valence-electron chi connectivity index (χ4n) is 6.33. The predicted octanol–water partition coefficient (Wildman–Crippen LogP) is 3.63. The lowest BCUT2D eigenvalue weighted by Gasteiger charge is -2.37. The first-order chi connectivity index (χ1) is 17.8. The van der Waals surface area contributed by atoms with E-state index in [4.69, 9.17) is 10.1 Å². The van der Waals surface area contributed by atoms with Gasteiger partial charge in [-0.25, -0.2) is 18.7 Å². The van der Waals surface area contributed by atoms with Gasteiger partial charge in [0.25, 0.3) is 0 Å². The summed E-state index contributed by atoms with van der Waals surface area (Å²) in [6.07, 6.45) is 4.20. The SMILES string of the molecule is CC1(C)[C@H]2CC[C@@]1(c1ccnc(-c3ccn(C[C@H](O)CO)n3)n1)c1nnc(-c3c(F)cccc3F)cc12. The van der Waals surface area contributed by atoms with Gasteiger partial charge in [-0.3, -0.25) is 4.68 Å². The molecule has 6 rings (SSSR count). The van der Waals surface area contributed by atoms with Crippen LogP contribution in [0.2, 0.25) is 0 Å². The van der Waals surface area contributed by atoms with Crippen molar-refractivity contribution in [1.82, 2.24) is 29.9 Å². The highest BCUT2D eigenvalue weighted by Crippen LogP contribution is 2.69. The van der Waals surface area contributed by atoms with Crippen LogP contribution in [0.3, 0.4) is 0 Å². The molecule has 0 spiro atoms. The Hall–Kier alpha value is -3.63. The Kier molecular flexibility index (Phi) is 5.43. The fourth-order valence-corrected chi connectivity index (χ4v) is 6.33. The van der Waals surface area contributed by atoms with Crippen LogP contribution < -0.4 is 0 Å². The molecule has 8 nitrogen and oxygen atoms in total. The molecule has 3 aromatic heterocycles. The zero-order valence-corrected chi connectivity index (χ0v) is 20.4. The third kappa shape index (κ3) is 3.42. The van der Waals surface area contributed by atoms with Crippen molar-refractivity contribution < 1.29 is 19.0 Å². The average Bonchev–Trinajstić information content (AvgIpc) is 3.51. The standard InChI is InChI=1S/C27H26F2N6O2/c1-26(2)17-6-9-27(26,24-16(17)12-21(32-33-24)23-18(28)4-3-5-19(23)29)22-7-10-30-25(31-22)20-8-11-35(34-20)13-15(37)14-36/h3-5,7-8,10-12,15,17,36-37H,6,9,13-14H2,1-2H3/t15-,17-,27+/m0/s1. The Bertz CT molecular complexity index is 1490. The van der Waals surface area contributed by atoms with Crippen LogP contribution in [-0.2, 0) is 12.0 Å². The van der Waals surface area contributed by atoms with Gasteiger partial charge >= 0.3 is 0 Å². The van der Waals surface area contributed by atoms with Gasteiger partial charge < -0.3 is 10.2 Å². The molecule has 3 heterocycles. The monoisotopic (exact) mass is 504 g/mol. The lowest BCUT2D eigenvalue weighted by atomic mass is 9.66. The maximum absolute atomic E-state index is 14.5. The fraction of sp³-hybridized carbons (Fsp3) is 0.370. The van der Waals surface area contributed by atoms with Gasteiger partial charge in [-0.15, -0.1) is 5.10 Å². The van der Waals surface area contributed by atoms with Crippen molar-refractivity contribution in [3.05, 3.63) is 77.4 Å². The average molecular weight is 505 g/mol. The Morgan fingerprint density at radius 1 is 1.11 bits per heavy atom. The molecular weight excluding hydrogens is 478 g/mol. The van der Waals surface area contributed by atoms with Gasteiger partial charge in [-0.05, 0) is 60.1 Å². The van der Waals surface area contributed by atoms with Crippen LogP contribution >= 0.6 is 0 Å². The predicted molar refractivity (Wildman–Crippen MR) is 130 cm³/mol. The first-order valence-corrected chi connectivity index (χ1v) is 12.2. The molecule has 2 aliphatic rings. The molecule has 1 aromatic carbocycles. The lowest BCUT2D eigenvalue weighted by Crippen LogP contribution is -2.38. The van der Waals surface area contributed by atoms with Gasteiger partial charge in [0.2, 0.25) is 0 Å². The Morgan fingerprint density at radius 2 is 1.89 bits per heavy atom. The molecule has 0 amide bonds. The molecule has 37 heavy (non-hydrogen) atoms. The molecule has 1 saturated carbocycles. The van der Waals surface area contributed by atoms with E-state index < -0.39 is 23.2 Å². The summed E-state index contributed by atoms with van der Waals surface area (Å²) < 4.78 is 30.6. The molecule has 3 atom stereocenters. The van der Waals surface area contributed by atoms with E-state index in [1.165, 1.54) is 18.2 Å². The third-order valence-corrected chi connectivity index (χ3v) is 8.17. The minimum atomic E-state index is -0.911. The molecule has 2 bridgehead atoms. The van der Waals surface area contributed by atoms with Gasteiger partial charge in [-0.2, -0.15) is 10.2 Å². The quantitative estimate of drug-likeness (QED) is 0.413. The minimum absolute atomic E-state index is 0.129. The van der Waals surface area contributed by atoms with Crippen LogP contribution in [0.4, 0.5) is 8.78 Å². The summed E-state index contributed by atoms with van der Waals surface area (Å²) in [6.45, 7) is 4.17. The molecule has 2 aliphatic carbocycles. The van der Waals surface area contributed by atoms with Gasteiger partial charge in [0.15, 0.2) is 5.82 Å². The van der Waals surface area contributed by atoms with Crippen LogP contribution in [-0.4, -0.2) is 52.9 Å². The maximum atomic E-state index is 14.5. The number of hydrogen-bond donors (Lipinski definition) is 2. The smallest absolute Gasteiger partial charge is 0.180 e. The summed E-state index contributed by atoms with van der Waals surface area (Å²) in [5.74, 6) is -0.769. The highest BCUT2D eigenvalue weighted by Gasteiger charge is 2.65. The number of aliphatic hydroxyl groups excluding tert-OH is 2. The van der Waals surface area contributed by atoms with Crippen molar-refractivity contribution >= 4 is 0 Å². The number of fused-ring (bicyclic) bond motifs is 5. The zero-order valence-electron chi connectivity index (χ0n) is 20.4. The molecule has 2 N–H and O–H groups in total. The number of halogens is 2. The summed E-state index contributed by atoms with van der Waals surface area (Å²) >= 11 is 0. The van der Waals surface area contributed by atoms with Crippen LogP contribution in [0.25, 0.3) is 22.8 Å². The van der Waals surface area contributed by atoms with Crippen molar-refractivity contribution in [3.63, 3.8) is 0 Å². The summed E-state index contributed by atoms with van der Waals surface area (Å²) in [4.78, 5) is 9.36. The van der Waals surface area contributed by atoms with E-state index in [9.17, 15) is 13.9 Å². The Labute approximate surface area is 212 Å². The topological polar surface area (TPSA) is 110 Å². The molecular formula is C27H26F2N6O2. The first-order valence-electron chi connectivity index (χ1n) is 12.2. The van der Waals surface area contributed by atoms with Crippen LogP contribution in [0.5, 0.6) is 0 Å². The summed E-state index contributed by atoms with van der Waals surface area (Å²) in [6, 6.07) is 9.22. The number of benzene rings is 1. The molecule has 0 aliphatic heterocycles. The van der Waals surface area contributed by atoms with Crippen LogP contribution in [0.15, 0.2) is 48.8 Å². The molecule has 1 fully saturated rings. The maximum Gasteiger partial charge on any atom is 0.180 e. The second-order valence-corrected chi connectivity index (χ2v) is 10.4. The van der Waals surface area contributed by atoms with E-state index in [0.29, 0.717) is 11.5 Å². The van der Waals surface area contributed by atoms with Crippen molar-refractivity contribution in [2.45, 2.75) is 50.7 Å². The van der Waals surface area contributed by atoms with E-state index in [-0.39, 0.29) is 35.7 Å². The molecule has 0 radical (unpaired) electrons. The largest absolute Gasteiger partial charge is 0.394 e. The highest BCUT2D eigenvalue weighted by molar-refractivity contribution is 5.64. The molecule has 0 saturated heterocycles. The molecule has 190 valence electrons. The molecule has 10 heteroatoms. The van der Waals surface area contributed by atoms with Crippen LogP contribution in [0.1, 0.15) is 49.6 Å². The summed E-state index contributed by atoms with van der Waals surface area (Å²) in [5.41, 5.74) is 2.29. The number of hydrogen-bond acceptors (Lipinski definition) is 7. The number of rotatable bonds is 6. The molecule has 0 unspecified atom stereocenters. The second-order valence-electron chi connectivity index (χ2n) is 10.4. The van der Waals surface area contributed by atoms with E-state index in [1.54, 1.807) is 29.2 Å². The Morgan fingerprint density at radius 3 is 2.65 bits per heavy atom. The van der Waals surface area contributed by atoms with Gasteiger partial charge in [0.05, 0.1) is 47.3 Å². The van der Waals surface area contributed by atoms with Gasteiger partial charge in [0.1, 0.15) is 17.3 Å². The van der Waals surface area contributed by atoms with Crippen LogP contribution in [0, 0.1) is 17.0 Å². The minimum Gasteiger partial charge on any atom is -0.394 e. The second kappa shape index (κ2) is 8.46. The van der Waals surface area contributed by atoms with Crippen molar-refractivity contribution in [2.75, 3.05) is 6.61 Å². The normalized spacial score (nSPS) is 22.3. The number of aliphatic hydroxyl groups is 2. The molecule has 4 aromatic rings. The van der Waals surface area contributed by atoms with E-state index in [1.807, 2.05) is 6.07 Å². The highest BCUT2D eigenvalue weighted by atomic mass is 19.1. The number of aromatic nitrogens is 6. The summed E-state index contributed by atoms with van der Waals surface area (Å²) in [7, 11) is 0. The number of nitrogens with zero attached hydrogens (tertiary/aromatic N) is 6.